The van der Waals surface area contributed by atoms with E-state index in [4.69, 9.17) is 4.98 Å². The summed E-state index contributed by atoms with van der Waals surface area (Å²) in [5, 5.41) is 0. The first kappa shape index (κ1) is 27.1. The molecule has 0 saturated carbocycles. The molecule has 4 aromatic rings. The number of aromatic nitrogens is 6. The summed E-state index contributed by atoms with van der Waals surface area (Å²) in [6.45, 7) is 15.0. The van der Waals surface area contributed by atoms with Crippen molar-refractivity contribution < 1.29 is 0 Å². The largest absolute Gasteiger partial charge is 0.348 e. The van der Waals surface area contributed by atoms with Crippen molar-refractivity contribution >= 4 is 11.0 Å². The molecule has 1 aromatic carbocycles. The number of H-pyrrole nitrogens is 2. The van der Waals surface area contributed by atoms with Gasteiger partial charge in [-0.2, -0.15) is 0 Å². The molecule has 0 radical (unpaired) electrons. The van der Waals surface area contributed by atoms with Gasteiger partial charge in [0.25, 0.3) is 0 Å². The van der Waals surface area contributed by atoms with Crippen LogP contribution in [0.1, 0.15) is 82.5 Å². The Kier molecular flexibility index (Phi) is 9.91. The van der Waals surface area contributed by atoms with Gasteiger partial charge in [-0.3, -0.25) is 4.90 Å². The third-order valence-corrected chi connectivity index (χ3v) is 7.05. The van der Waals surface area contributed by atoms with Gasteiger partial charge in [-0.1, -0.05) is 26.8 Å². The molecule has 0 saturated heterocycles. The lowest BCUT2D eigenvalue weighted by Crippen LogP contribution is -2.27. The van der Waals surface area contributed by atoms with Gasteiger partial charge < -0.3 is 19.4 Å². The molecule has 3 aromatic heterocycles. The first-order valence-electron chi connectivity index (χ1n) is 14.0. The highest BCUT2D eigenvalue weighted by Crippen LogP contribution is 2.25. The fourth-order valence-electron chi connectivity index (χ4n) is 5.23. The zero-order chi connectivity index (χ0) is 26.0. The number of aromatic amines is 2. The second-order valence-corrected chi connectivity index (χ2v) is 10.0. The van der Waals surface area contributed by atoms with Crippen LogP contribution < -0.4 is 0 Å². The Hall–Kier alpha value is -2.97. The molecule has 2 N–H and O–H groups in total. The third-order valence-electron chi connectivity index (χ3n) is 7.05. The van der Waals surface area contributed by atoms with E-state index < -0.39 is 0 Å². The number of nitrogens with zero attached hydrogens (tertiary/aromatic N) is 6. The van der Waals surface area contributed by atoms with Gasteiger partial charge in [0.05, 0.1) is 23.6 Å². The van der Waals surface area contributed by atoms with Crippen LogP contribution >= 0.6 is 0 Å². The summed E-state index contributed by atoms with van der Waals surface area (Å²) in [6, 6.07) is 6.89. The fraction of sp³-hybridized carbons (Fsp3) is 0.552. The average Bonchev–Trinajstić information content (AvgIpc) is 3.67. The molecular weight excluding hydrogens is 460 g/mol. The van der Waals surface area contributed by atoms with Crippen LogP contribution in [0.3, 0.4) is 0 Å². The van der Waals surface area contributed by atoms with E-state index in [2.05, 4.69) is 80.2 Å². The molecule has 3 heterocycles. The summed E-state index contributed by atoms with van der Waals surface area (Å²) in [6.07, 6.45) is 13.1. The van der Waals surface area contributed by atoms with E-state index in [1.165, 1.54) is 42.8 Å². The minimum Gasteiger partial charge on any atom is -0.348 e. The number of benzene rings is 1. The molecule has 0 amide bonds. The molecule has 4 rings (SSSR count). The van der Waals surface area contributed by atoms with Crippen molar-refractivity contribution in [3.05, 3.63) is 66.0 Å². The number of hydrogen-bond acceptors (Lipinski definition) is 5. The van der Waals surface area contributed by atoms with E-state index in [1.807, 2.05) is 24.8 Å². The van der Waals surface area contributed by atoms with Crippen molar-refractivity contribution in [1.29, 1.82) is 0 Å². The summed E-state index contributed by atoms with van der Waals surface area (Å²) in [7, 11) is 0. The quantitative estimate of drug-likeness (QED) is 0.204. The molecule has 37 heavy (non-hydrogen) atoms. The van der Waals surface area contributed by atoms with E-state index in [9.17, 15) is 0 Å². The molecule has 0 bridgehead atoms. The summed E-state index contributed by atoms with van der Waals surface area (Å²) < 4.78 is 2.45. The Morgan fingerprint density at radius 1 is 0.919 bits per heavy atom. The van der Waals surface area contributed by atoms with Crippen molar-refractivity contribution in [3.63, 3.8) is 0 Å². The predicted octanol–water partition coefficient (Wildman–Crippen LogP) is 5.71. The maximum Gasteiger partial charge on any atom is 0.123 e. The first-order chi connectivity index (χ1) is 18.1. The van der Waals surface area contributed by atoms with Crippen LogP contribution in [0.2, 0.25) is 0 Å². The number of hydrogen-bond donors (Lipinski definition) is 2. The van der Waals surface area contributed by atoms with Crippen molar-refractivity contribution in [2.45, 2.75) is 85.5 Å². The summed E-state index contributed by atoms with van der Waals surface area (Å²) >= 11 is 0. The van der Waals surface area contributed by atoms with Crippen molar-refractivity contribution in [2.24, 2.45) is 0 Å². The topological polar surface area (TPSA) is 81.7 Å². The minimum absolute atomic E-state index is 0.126. The predicted molar refractivity (Wildman–Crippen MR) is 150 cm³/mol. The highest BCUT2D eigenvalue weighted by Gasteiger charge is 2.20. The fourth-order valence-corrected chi connectivity index (χ4v) is 5.23. The molecule has 1 atom stereocenters. The monoisotopic (exact) mass is 504 g/mol. The molecule has 200 valence electrons. The molecule has 0 aliphatic carbocycles. The van der Waals surface area contributed by atoms with Crippen LogP contribution in [0.4, 0.5) is 0 Å². The van der Waals surface area contributed by atoms with Crippen LogP contribution in [0.5, 0.6) is 0 Å². The molecular formula is C29H44N8. The van der Waals surface area contributed by atoms with E-state index in [0.717, 1.165) is 62.6 Å². The van der Waals surface area contributed by atoms with Crippen LogP contribution in [-0.4, -0.2) is 58.9 Å². The van der Waals surface area contributed by atoms with Crippen molar-refractivity contribution in [2.75, 3.05) is 19.6 Å². The maximum absolute atomic E-state index is 5.08. The van der Waals surface area contributed by atoms with Crippen molar-refractivity contribution in [3.8, 4) is 0 Å². The standard InChI is InChI=1S/C29H44N8/c1-5-16-35(17-6-2)19-8-9-28-34-25-11-10-24(20-26(25)37(28)18-7-3)21-36(22-27-30-12-13-31-27)23(4)29-32-14-15-33-29/h10-15,20,23H,5-9,16-19,21-22H2,1-4H3,(H,30,31)(H,32,33). The van der Waals surface area contributed by atoms with Gasteiger partial charge in [0, 0.05) is 44.3 Å². The summed E-state index contributed by atoms with van der Waals surface area (Å²) in [5.74, 6) is 3.14. The Morgan fingerprint density at radius 3 is 2.38 bits per heavy atom. The summed E-state index contributed by atoms with van der Waals surface area (Å²) in [4.78, 5) is 25.6. The third kappa shape index (κ3) is 7.08. The SMILES string of the molecule is CCCN(CCC)CCCc1nc2ccc(CN(Cc3ncc[nH]3)C(C)c3ncc[nH]3)cc2n1CCC. The lowest BCUT2D eigenvalue weighted by Gasteiger charge is -2.27. The molecule has 8 nitrogen and oxygen atoms in total. The van der Waals surface area contributed by atoms with Crippen LogP contribution in [0, 0.1) is 0 Å². The Bertz CT molecular complexity index is 1170. The van der Waals surface area contributed by atoms with Crippen LogP contribution in [0.25, 0.3) is 11.0 Å². The molecule has 0 aliphatic heterocycles. The van der Waals surface area contributed by atoms with Crippen LogP contribution in [-0.2, 0) is 26.1 Å². The molecule has 1 unspecified atom stereocenters. The Morgan fingerprint density at radius 2 is 1.70 bits per heavy atom. The zero-order valence-corrected chi connectivity index (χ0v) is 23.1. The highest BCUT2D eigenvalue weighted by molar-refractivity contribution is 5.77. The lowest BCUT2D eigenvalue weighted by molar-refractivity contribution is 0.181. The number of fused-ring (bicyclic) bond motifs is 1. The normalized spacial score (nSPS) is 12.8. The average molecular weight is 505 g/mol. The second kappa shape index (κ2) is 13.5. The number of aryl methyl sites for hydroxylation is 2. The Labute approximate surface area is 221 Å². The second-order valence-electron chi connectivity index (χ2n) is 10.0. The van der Waals surface area contributed by atoms with Gasteiger partial charge in [0.1, 0.15) is 17.5 Å². The van der Waals surface area contributed by atoms with Gasteiger partial charge in [-0.25, -0.2) is 15.0 Å². The smallest absolute Gasteiger partial charge is 0.123 e. The number of nitrogens with one attached hydrogen (secondary N) is 2. The van der Waals surface area contributed by atoms with Crippen molar-refractivity contribution in [1.82, 2.24) is 39.3 Å². The maximum atomic E-state index is 5.08. The lowest BCUT2D eigenvalue weighted by atomic mass is 10.1. The van der Waals surface area contributed by atoms with E-state index in [-0.39, 0.29) is 6.04 Å². The van der Waals surface area contributed by atoms with Gasteiger partial charge in [0.2, 0.25) is 0 Å². The van der Waals surface area contributed by atoms with Crippen LogP contribution in [0.15, 0.2) is 43.0 Å². The van der Waals surface area contributed by atoms with E-state index >= 15 is 0 Å². The molecule has 0 fully saturated rings. The van der Waals surface area contributed by atoms with E-state index in [1.54, 1.807) is 0 Å². The molecule has 0 spiro atoms. The molecule has 0 aliphatic rings. The van der Waals surface area contributed by atoms with Gasteiger partial charge >= 0.3 is 0 Å². The highest BCUT2D eigenvalue weighted by atomic mass is 15.2. The number of rotatable bonds is 16. The van der Waals surface area contributed by atoms with Gasteiger partial charge in [-0.05, 0) is 69.9 Å². The first-order valence-corrected chi connectivity index (χ1v) is 14.0. The minimum atomic E-state index is 0.126. The Balaban J connectivity index is 1.54. The van der Waals surface area contributed by atoms with Gasteiger partial charge in [0.15, 0.2) is 0 Å². The molecule has 8 heteroatoms. The number of imidazole rings is 3. The zero-order valence-electron chi connectivity index (χ0n) is 23.1. The van der Waals surface area contributed by atoms with Gasteiger partial charge in [-0.15, -0.1) is 0 Å². The van der Waals surface area contributed by atoms with E-state index in [0.29, 0.717) is 0 Å². The summed E-state index contributed by atoms with van der Waals surface area (Å²) in [5.41, 5.74) is 3.62.